The predicted octanol–water partition coefficient (Wildman–Crippen LogP) is -0.304. The predicted molar refractivity (Wildman–Crippen MR) is 106 cm³/mol. The third-order valence-electron chi connectivity index (χ3n) is 6.33. The fraction of sp³-hybridized carbons (Fsp3) is 0.765. The molecule has 0 aliphatic carbocycles. The molecule has 3 heterocycles. The van der Waals surface area contributed by atoms with Gasteiger partial charge in [0.1, 0.15) is 11.6 Å². The highest BCUT2D eigenvalue weighted by Crippen LogP contribution is 2.44. The molecule has 0 aromatic heterocycles. The summed E-state index contributed by atoms with van der Waals surface area (Å²) in [6.45, 7) is 5.40. The number of fused-ring (bicyclic) bond motifs is 2. The Balaban J connectivity index is 1.70. The number of carbonyl (C=O) groups excluding carboxylic acids is 3. The Bertz CT molecular complexity index is 933. The van der Waals surface area contributed by atoms with Crippen LogP contribution < -0.4 is 10.9 Å². The molecule has 180 valence electrons. The van der Waals surface area contributed by atoms with E-state index in [4.69, 9.17) is 4.55 Å². The van der Waals surface area contributed by atoms with E-state index in [1.165, 1.54) is 0 Å². The number of piperidine rings is 1. The Labute approximate surface area is 184 Å². The van der Waals surface area contributed by atoms with Crippen LogP contribution >= 0.6 is 0 Å². The molecule has 3 atom stereocenters. The molecule has 15 heteroatoms. The quantitative estimate of drug-likeness (QED) is 0.311. The van der Waals surface area contributed by atoms with E-state index in [-0.39, 0.29) is 32.4 Å². The summed E-state index contributed by atoms with van der Waals surface area (Å²) in [5.74, 6) is -1.40. The lowest BCUT2D eigenvalue weighted by Crippen LogP contribution is -2.66. The van der Waals surface area contributed by atoms with Gasteiger partial charge in [-0.05, 0) is 31.1 Å². The van der Waals surface area contributed by atoms with Crippen LogP contribution in [0.1, 0.15) is 46.5 Å². The number of likely N-dealkylation sites (tertiary alicyclic amines) is 1. The third kappa shape index (κ3) is 4.06. The van der Waals surface area contributed by atoms with Crippen LogP contribution in [0.2, 0.25) is 0 Å². The second-order valence-electron chi connectivity index (χ2n) is 9.10. The van der Waals surface area contributed by atoms with Gasteiger partial charge in [-0.2, -0.15) is 13.5 Å². The van der Waals surface area contributed by atoms with Crippen LogP contribution in [0.15, 0.2) is 0 Å². The Morgan fingerprint density at radius 2 is 1.84 bits per heavy atom. The van der Waals surface area contributed by atoms with Gasteiger partial charge >= 0.3 is 22.5 Å². The number of urea groups is 1. The number of hydroxylamine groups is 2. The molecule has 0 unspecified atom stereocenters. The van der Waals surface area contributed by atoms with Gasteiger partial charge in [-0.3, -0.25) is 29.9 Å². The molecule has 0 saturated carbocycles. The molecule has 3 aliphatic heterocycles. The Morgan fingerprint density at radius 1 is 1.19 bits per heavy atom. The molecule has 0 radical (unpaired) electrons. The number of amides is 5. The van der Waals surface area contributed by atoms with Gasteiger partial charge < -0.3 is 10.0 Å². The number of carbonyl (C=O) groups is 4. The largest absolute Gasteiger partial charge is 0.465 e. The molecule has 3 aliphatic rings. The van der Waals surface area contributed by atoms with Gasteiger partial charge in [0.2, 0.25) is 0 Å². The topological polar surface area (TPSA) is 186 Å². The van der Waals surface area contributed by atoms with Gasteiger partial charge in [-0.25, -0.2) is 9.59 Å². The minimum Gasteiger partial charge on any atom is -0.465 e. The van der Waals surface area contributed by atoms with Crippen molar-refractivity contribution in [1.29, 1.82) is 0 Å². The van der Waals surface area contributed by atoms with Gasteiger partial charge in [0.05, 0.1) is 6.04 Å². The average Bonchev–Trinajstić information content (AvgIpc) is 3.22. The zero-order valence-electron chi connectivity index (χ0n) is 17.9. The Hall–Kier alpha value is -2.65. The lowest BCUT2D eigenvalue weighted by Gasteiger charge is -2.45. The first-order valence-corrected chi connectivity index (χ1v) is 11.4. The number of rotatable bonds is 4. The second-order valence-corrected chi connectivity index (χ2v) is 10.1. The van der Waals surface area contributed by atoms with E-state index in [9.17, 15) is 32.7 Å². The summed E-state index contributed by atoms with van der Waals surface area (Å²) in [5, 5.41) is 10.1. The van der Waals surface area contributed by atoms with Crippen molar-refractivity contribution in [3.05, 3.63) is 0 Å². The summed E-state index contributed by atoms with van der Waals surface area (Å²) in [5.41, 5.74) is 2.42. The summed E-state index contributed by atoms with van der Waals surface area (Å²) in [7, 11) is -4.91. The molecule has 3 rings (SSSR count). The van der Waals surface area contributed by atoms with Crippen LogP contribution in [0, 0.1) is 5.41 Å². The standard InChI is InChI=1S/C17H27N5O9S/c1-16(2,3)17(7-4-8-21(17)15(26)27)13(24)19-18-12(23)11-6-5-10-9-20(11)14(25)22(10)31-32(28,29)30/h10-11H,4-9H2,1-3H3,(H,18,23)(H,19,24)(H,26,27)(H,28,29,30)/t10-,11+,17+/m1/s1. The number of nitrogens with zero attached hydrogens (tertiary/aromatic N) is 3. The number of hydrogen-bond acceptors (Lipinski definition) is 7. The highest BCUT2D eigenvalue weighted by molar-refractivity contribution is 7.80. The SMILES string of the molecule is CC(C)(C)[C@@]1(C(=O)NNC(=O)[C@@H]2CC[C@@H]3CN2C(=O)N3OS(=O)(=O)O)CCCN1C(=O)O. The summed E-state index contributed by atoms with van der Waals surface area (Å²) < 4.78 is 35.1. The number of nitrogens with one attached hydrogen (secondary N) is 2. The van der Waals surface area contributed by atoms with Crippen molar-refractivity contribution in [2.75, 3.05) is 13.1 Å². The number of carboxylic acid groups (broad SMARTS) is 1. The van der Waals surface area contributed by atoms with Gasteiger partial charge in [0.15, 0.2) is 0 Å². The minimum atomic E-state index is -4.91. The highest BCUT2D eigenvalue weighted by Gasteiger charge is 2.57. The van der Waals surface area contributed by atoms with E-state index in [0.29, 0.717) is 11.5 Å². The van der Waals surface area contributed by atoms with Gasteiger partial charge in [0, 0.05) is 13.1 Å². The molecule has 3 fully saturated rings. The lowest BCUT2D eigenvalue weighted by molar-refractivity contribution is -0.142. The maximum Gasteiger partial charge on any atom is 0.418 e. The third-order valence-corrected chi connectivity index (χ3v) is 6.68. The maximum absolute atomic E-state index is 13.1. The monoisotopic (exact) mass is 477 g/mol. The van der Waals surface area contributed by atoms with E-state index in [2.05, 4.69) is 15.1 Å². The average molecular weight is 477 g/mol. The molecule has 5 amide bonds. The molecule has 0 spiro atoms. The fourth-order valence-electron chi connectivity index (χ4n) is 4.84. The van der Waals surface area contributed by atoms with Crippen LogP contribution in [0.5, 0.6) is 0 Å². The zero-order chi connectivity index (χ0) is 24.1. The maximum atomic E-state index is 13.1. The van der Waals surface area contributed by atoms with Crippen LogP contribution in [0.25, 0.3) is 0 Å². The molecule has 0 aromatic rings. The Kier molecular flexibility index (Phi) is 6.03. The van der Waals surface area contributed by atoms with Crippen molar-refractivity contribution in [1.82, 2.24) is 25.7 Å². The first kappa shape index (κ1) is 24.0. The van der Waals surface area contributed by atoms with E-state index in [0.717, 1.165) is 9.80 Å². The Morgan fingerprint density at radius 3 is 2.41 bits per heavy atom. The summed E-state index contributed by atoms with van der Waals surface area (Å²) >= 11 is 0. The van der Waals surface area contributed by atoms with Gasteiger partial charge in [-0.15, -0.1) is 4.28 Å². The van der Waals surface area contributed by atoms with Crippen LogP contribution in [-0.4, -0.2) is 87.6 Å². The highest BCUT2D eigenvalue weighted by atomic mass is 32.3. The molecule has 32 heavy (non-hydrogen) atoms. The second kappa shape index (κ2) is 8.04. The van der Waals surface area contributed by atoms with E-state index < -0.39 is 57.4 Å². The molecular formula is C17H27N5O9S. The van der Waals surface area contributed by atoms with Gasteiger partial charge in [-0.1, -0.05) is 20.8 Å². The molecule has 2 bridgehead atoms. The van der Waals surface area contributed by atoms with Crippen LogP contribution in [0.4, 0.5) is 9.59 Å². The molecular weight excluding hydrogens is 450 g/mol. The fourth-order valence-corrected chi connectivity index (χ4v) is 5.23. The normalized spacial score (nSPS) is 28.1. The van der Waals surface area contributed by atoms with Crippen LogP contribution in [-0.2, 0) is 24.3 Å². The molecule has 3 saturated heterocycles. The van der Waals surface area contributed by atoms with Crippen molar-refractivity contribution in [3.8, 4) is 0 Å². The van der Waals surface area contributed by atoms with Crippen LogP contribution in [0.3, 0.4) is 0 Å². The van der Waals surface area contributed by atoms with Crippen molar-refractivity contribution in [3.63, 3.8) is 0 Å². The van der Waals surface area contributed by atoms with E-state index in [1.54, 1.807) is 20.8 Å². The lowest BCUT2D eigenvalue weighted by atomic mass is 9.71. The van der Waals surface area contributed by atoms with Crippen molar-refractivity contribution in [2.24, 2.45) is 5.41 Å². The van der Waals surface area contributed by atoms with Crippen molar-refractivity contribution >= 4 is 34.3 Å². The first-order chi connectivity index (χ1) is 14.7. The van der Waals surface area contributed by atoms with E-state index >= 15 is 0 Å². The molecule has 14 nitrogen and oxygen atoms in total. The van der Waals surface area contributed by atoms with E-state index in [1.807, 2.05) is 0 Å². The summed E-state index contributed by atoms with van der Waals surface area (Å²) in [6, 6.07) is -2.58. The first-order valence-electron chi connectivity index (χ1n) is 10.1. The zero-order valence-corrected chi connectivity index (χ0v) is 18.7. The minimum absolute atomic E-state index is 0.000886. The van der Waals surface area contributed by atoms with Gasteiger partial charge in [0.25, 0.3) is 11.8 Å². The molecule has 4 N–H and O–H groups in total. The smallest absolute Gasteiger partial charge is 0.418 e. The summed E-state index contributed by atoms with van der Waals surface area (Å²) in [4.78, 5) is 52.2. The van der Waals surface area contributed by atoms with Crippen molar-refractivity contribution < 1.29 is 41.5 Å². The molecule has 0 aromatic carbocycles. The summed E-state index contributed by atoms with van der Waals surface area (Å²) in [6.07, 6.45) is -0.0838. The number of hydrogen-bond donors (Lipinski definition) is 4. The number of hydrazine groups is 1. The van der Waals surface area contributed by atoms with Crippen molar-refractivity contribution in [2.45, 2.75) is 64.1 Å².